The average molecular weight is 226 g/mol. The minimum absolute atomic E-state index is 0.142. The fourth-order valence-corrected chi connectivity index (χ4v) is 1.54. The molecule has 0 radical (unpaired) electrons. The van der Waals surface area contributed by atoms with Gasteiger partial charge in [-0.05, 0) is 13.3 Å². The topological polar surface area (TPSA) is 63.6 Å². The van der Waals surface area contributed by atoms with Crippen molar-refractivity contribution in [3.63, 3.8) is 0 Å². The van der Waals surface area contributed by atoms with E-state index in [1.807, 2.05) is 6.92 Å². The van der Waals surface area contributed by atoms with E-state index in [1.165, 1.54) is 0 Å². The Morgan fingerprint density at radius 1 is 1.44 bits per heavy atom. The van der Waals surface area contributed by atoms with Gasteiger partial charge in [0.05, 0.1) is 5.92 Å². The Morgan fingerprint density at radius 2 is 2.00 bits per heavy atom. The van der Waals surface area contributed by atoms with Crippen LogP contribution in [0, 0.1) is 11.8 Å². The molecule has 4 nitrogen and oxygen atoms in total. The first-order chi connectivity index (χ1) is 7.40. The number of esters is 1. The zero-order valence-corrected chi connectivity index (χ0v) is 10.1. The molecule has 1 aliphatic rings. The molecular weight excluding hydrogens is 208 g/mol. The SMILES string of the molecule is CCC(C)C(O)=C1C(=O)OC(C)C(C)C1=O. The van der Waals surface area contributed by atoms with Crippen molar-refractivity contribution in [2.75, 3.05) is 0 Å². The summed E-state index contributed by atoms with van der Waals surface area (Å²) < 4.78 is 5.02. The van der Waals surface area contributed by atoms with Crippen LogP contribution in [0.3, 0.4) is 0 Å². The minimum Gasteiger partial charge on any atom is -0.511 e. The third kappa shape index (κ3) is 2.10. The Morgan fingerprint density at radius 3 is 2.50 bits per heavy atom. The van der Waals surface area contributed by atoms with Gasteiger partial charge in [0.25, 0.3) is 0 Å². The summed E-state index contributed by atoms with van der Waals surface area (Å²) in [7, 11) is 0. The molecule has 16 heavy (non-hydrogen) atoms. The van der Waals surface area contributed by atoms with E-state index in [1.54, 1.807) is 20.8 Å². The average Bonchev–Trinajstić information content (AvgIpc) is 2.24. The molecule has 3 unspecified atom stereocenters. The third-order valence-electron chi connectivity index (χ3n) is 3.20. The molecule has 4 heteroatoms. The van der Waals surface area contributed by atoms with E-state index < -0.39 is 12.1 Å². The highest BCUT2D eigenvalue weighted by atomic mass is 16.5. The normalized spacial score (nSPS) is 31.0. The first-order valence-corrected chi connectivity index (χ1v) is 5.58. The summed E-state index contributed by atoms with van der Waals surface area (Å²) in [6.45, 7) is 7.03. The Kier molecular flexibility index (Phi) is 3.73. The maximum atomic E-state index is 11.9. The van der Waals surface area contributed by atoms with Crippen molar-refractivity contribution in [1.82, 2.24) is 0 Å². The molecule has 0 spiro atoms. The lowest BCUT2D eigenvalue weighted by atomic mass is 9.89. The smallest absolute Gasteiger partial charge is 0.345 e. The van der Waals surface area contributed by atoms with Gasteiger partial charge in [-0.2, -0.15) is 0 Å². The van der Waals surface area contributed by atoms with Crippen LogP contribution in [0.4, 0.5) is 0 Å². The molecule has 0 aromatic carbocycles. The van der Waals surface area contributed by atoms with Gasteiger partial charge in [-0.3, -0.25) is 4.79 Å². The van der Waals surface area contributed by atoms with Crippen molar-refractivity contribution in [2.24, 2.45) is 11.8 Å². The van der Waals surface area contributed by atoms with E-state index in [9.17, 15) is 14.7 Å². The molecule has 0 saturated carbocycles. The summed E-state index contributed by atoms with van der Waals surface area (Å²) in [6.07, 6.45) is 0.244. The molecule has 3 atom stereocenters. The summed E-state index contributed by atoms with van der Waals surface area (Å²) in [6, 6.07) is 0. The summed E-state index contributed by atoms with van der Waals surface area (Å²) in [4.78, 5) is 23.5. The van der Waals surface area contributed by atoms with Crippen molar-refractivity contribution < 1.29 is 19.4 Å². The quantitative estimate of drug-likeness (QED) is 0.338. The van der Waals surface area contributed by atoms with Gasteiger partial charge in [-0.1, -0.05) is 20.8 Å². The predicted octanol–water partition coefficient (Wildman–Crippen LogP) is 2.00. The molecule has 0 aromatic heterocycles. The van der Waals surface area contributed by atoms with Gasteiger partial charge in [0, 0.05) is 5.92 Å². The van der Waals surface area contributed by atoms with Crippen molar-refractivity contribution in [1.29, 1.82) is 0 Å². The number of allylic oxidation sites excluding steroid dienone is 1. The Bertz CT molecular complexity index is 343. The van der Waals surface area contributed by atoms with Crippen molar-refractivity contribution in [3.8, 4) is 0 Å². The van der Waals surface area contributed by atoms with Gasteiger partial charge in [0.1, 0.15) is 17.4 Å². The lowest BCUT2D eigenvalue weighted by Gasteiger charge is -2.27. The molecule has 1 fully saturated rings. The number of carbonyl (C=O) groups is 2. The summed E-state index contributed by atoms with van der Waals surface area (Å²) in [5.41, 5.74) is -0.167. The van der Waals surface area contributed by atoms with Crippen molar-refractivity contribution in [3.05, 3.63) is 11.3 Å². The highest BCUT2D eigenvalue weighted by Crippen LogP contribution is 2.26. The summed E-state index contributed by atoms with van der Waals surface area (Å²) in [5, 5.41) is 9.85. The van der Waals surface area contributed by atoms with Gasteiger partial charge >= 0.3 is 5.97 Å². The molecule has 1 heterocycles. The highest BCUT2D eigenvalue weighted by molar-refractivity contribution is 6.20. The molecule has 90 valence electrons. The van der Waals surface area contributed by atoms with E-state index in [0.717, 1.165) is 0 Å². The maximum Gasteiger partial charge on any atom is 0.345 e. The van der Waals surface area contributed by atoms with Crippen LogP contribution in [0.15, 0.2) is 11.3 Å². The number of hydrogen-bond acceptors (Lipinski definition) is 4. The first-order valence-electron chi connectivity index (χ1n) is 5.58. The van der Waals surface area contributed by atoms with Crippen molar-refractivity contribution in [2.45, 2.75) is 40.2 Å². The van der Waals surface area contributed by atoms with E-state index in [-0.39, 0.29) is 29.0 Å². The van der Waals surface area contributed by atoms with Gasteiger partial charge in [0.2, 0.25) is 0 Å². The molecular formula is C12H18O4. The molecule has 1 aliphatic heterocycles. The number of hydrogen-bond donors (Lipinski definition) is 1. The van der Waals surface area contributed by atoms with E-state index in [2.05, 4.69) is 0 Å². The number of aliphatic hydroxyl groups excluding tert-OH is 1. The molecule has 1 rings (SSSR count). The molecule has 0 bridgehead atoms. The number of rotatable bonds is 2. The Hall–Kier alpha value is -1.32. The van der Waals surface area contributed by atoms with Gasteiger partial charge < -0.3 is 9.84 Å². The van der Waals surface area contributed by atoms with Crippen LogP contribution in [0.25, 0.3) is 0 Å². The maximum absolute atomic E-state index is 11.9. The standard InChI is InChI=1S/C12H18O4/c1-5-6(2)10(13)9-11(14)7(3)8(4)16-12(9)15/h6-8,13H,5H2,1-4H3. The third-order valence-corrected chi connectivity index (χ3v) is 3.20. The van der Waals surface area contributed by atoms with E-state index >= 15 is 0 Å². The lowest BCUT2D eigenvalue weighted by molar-refractivity contribution is -0.154. The zero-order valence-electron chi connectivity index (χ0n) is 10.1. The molecule has 1 N–H and O–H groups in total. The number of ether oxygens (including phenoxy) is 1. The van der Waals surface area contributed by atoms with E-state index in [0.29, 0.717) is 6.42 Å². The van der Waals surface area contributed by atoms with Crippen LogP contribution >= 0.6 is 0 Å². The lowest BCUT2D eigenvalue weighted by Crippen LogP contribution is -2.39. The number of carbonyl (C=O) groups excluding carboxylic acids is 2. The summed E-state index contributed by atoms with van der Waals surface area (Å²) >= 11 is 0. The second kappa shape index (κ2) is 4.68. The van der Waals surface area contributed by atoms with Crippen LogP contribution in [-0.2, 0) is 14.3 Å². The summed E-state index contributed by atoms with van der Waals surface area (Å²) in [5.74, 6) is -1.75. The van der Waals surface area contributed by atoms with Crippen LogP contribution < -0.4 is 0 Å². The largest absolute Gasteiger partial charge is 0.511 e. The van der Waals surface area contributed by atoms with Crippen LogP contribution in [0.1, 0.15) is 34.1 Å². The number of ketones is 1. The van der Waals surface area contributed by atoms with Crippen LogP contribution in [0.2, 0.25) is 0 Å². The molecule has 0 aliphatic carbocycles. The number of cyclic esters (lactones) is 1. The number of Topliss-reactive ketones (excluding diaryl/α,β-unsaturated/α-hetero) is 1. The van der Waals surface area contributed by atoms with Crippen LogP contribution in [0.5, 0.6) is 0 Å². The molecule has 0 aromatic rings. The van der Waals surface area contributed by atoms with Gasteiger partial charge in [-0.15, -0.1) is 0 Å². The van der Waals surface area contributed by atoms with Gasteiger partial charge in [0.15, 0.2) is 5.78 Å². The molecule has 0 amide bonds. The Balaban J connectivity index is 3.12. The first kappa shape index (κ1) is 12.7. The fraction of sp³-hybridized carbons (Fsp3) is 0.667. The Labute approximate surface area is 95.3 Å². The van der Waals surface area contributed by atoms with Crippen molar-refractivity contribution >= 4 is 11.8 Å². The fourth-order valence-electron chi connectivity index (χ4n) is 1.54. The van der Waals surface area contributed by atoms with Gasteiger partial charge in [-0.25, -0.2) is 4.79 Å². The monoisotopic (exact) mass is 226 g/mol. The number of aliphatic hydroxyl groups is 1. The second-order valence-electron chi connectivity index (χ2n) is 4.33. The second-order valence-corrected chi connectivity index (χ2v) is 4.33. The molecule has 1 saturated heterocycles. The predicted molar refractivity (Wildman–Crippen MR) is 58.8 cm³/mol. The zero-order chi connectivity index (χ0) is 12.5. The minimum atomic E-state index is -0.701. The van der Waals surface area contributed by atoms with E-state index in [4.69, 9.17) is 4.74 Å². The van der Waals surface area contributed by atoms with Crippen LogP contribution in [-0.4, -0.2) is 23.0 Å². The highest BCUT2D eigenvalue weighted by Gasteiger charge is 2.39.